The van der Waals surface area contributed by atoms with Crippen molar-refractivity contribution in [2.24, 2.45) is 0 Å². The van der Waals surface area contributed by atoms with Crippen LogP contribution >= 0.6 is 11.6 Å². The molecule has 1 aromatic carbocycles. The Hall–Kier alpha value is -0.810. The van der Waals surface area contributed by atoms with Crippen molar-refractivity contribution in [3.63, 3.8) is 0 Å². The Morgan fingerprint density at radius 2 is 2.40 bits per heavy atom. The van der Waals surface area contributed by atoms with Crippen LogP contribution in [0.5, 0.6) is 5.75 Å². The summed E-state index contributed by atoms with van der Waals surface area (Å²) in [5, 5.41) is 0.677. The minimum absolute atomic E-state index is 0.286. The zero-order chi connectivity index (χ0) is 10.7. The molecule has 0 saturated heterocycles. The van der Waals surface area contributed by atoms with Gasteiger partial charge in [-0.2, -0.15) is 5.48 Å². The molecule has 0 fully saturated rings. The van der Waals surface area contributed by atoms with Gasteiger partial charge in [0, 0.05) is 22.7 Å². The Morgan fingerprint density at radius 1 is 1.53 bits per heavy atom. The van der Waals surface area contributed by atoms with Crippen molar-refractivity contribution in [3.8, 4) is 5.75 Å². The molecule has 2 rings (SSSR count). The largest absolute Gasteiger partial charge is 0.467 e. The average molecular weight is 230 g/mol. The van der Waals surface area contributed by atoms with E-state index in [4.69, 9.17) is 25.9 Å². The zero-order valence-electron chi connectivity index (χ0n) is 8.38. The van der Waals surface area contributed by atoms with Crippen molar-refractivity contribution in [1.29, 1.82) is 0 Å². The first kappa shape index (κ1) is 10.7. The Bertz CT molecular complexity index is 357. The third-order valence-corrected chi connectivity index (χ3v) is 2.38. The first-order chi connectivity index (χ1) is 7.31. The van der Waals surface area contributed by atoms with E-state index in [0.29, 0.717) is 18.2 Å². The molecule has 1 aliphatic heterocycles. The smallest absolute Gasteiger partial charge is 0.189 e. The van der Waals surface area contributed by atoms with Gasteiger partial charge in [0.1, 0.15) is 5.75 Å². The van der Waals surface area contributed by atoms with Crippen molar-refractivity contribution in [2.45, 2.75) is 13.2 Å². The lowest BCUT2D eigenvalue weighted by atomic mass is 10.1. The third-order valence-electron chi connectivity index (χ3n) is 2.16. The van der Waals surface area contributed by atoms with E-state index in [9.17, 15) is 0 Å². The van der Waals surface area contributed by atoms with Crippen molar-refractivity contribution in [3.05, 3.63) is 28.3 Å². The van der Waals surface area contributed by atoms with Crippen LogP contribution in [0.4, 0.5) is 0 Å². The number of halogens is 1. The van der Waals surface area contributed by atoms with Gasteiger partial charge in [-0.3, -0.25) is 0 Å². The molecule has 1 aromatic rings. The van der Waals surface area contributed by atoms with E-state index in [2.05, 4.69) is 5.48 Å². The molecule has 4 nitrogen and oxygen atoms in total. The number of fused-ring (bicyclic) bond motifs is 1. The van der Waals surface area contributed by atoms with E-state index in [1.807, 2.05) is 12.1 Å². The van der Waals surface area contributed by atoms with Crippen molar-refractivity contribution in [1.82, 2.24) is 5.48 Å². The van der Waals surface area contributed by atoms with Crippen LogP contribution in [-0.4, -0.2) is 13.9 Å². The summed E-state index contributed by atoms with van der Waals surface area (Å²) in [4.78, 5) is 4.80. The Labute approximate surface area is 93.0 Å². The molecule has 82 valence electrons. The molecule has 0 unspecified atom stereocenters. The summed E-state index contributed by atoms with van der Waals surface area (Å²) in [5.41, 5.74) is 4.71. The summed E-state index contributed by atoms with van der Waals surface area (Å²) in [5.74, 6) is 0.843. The van der Waals surface area contributed by atoms with Crippen LogP contribution in [0.15, 0.2) is 12.1 Å². The van der Waals surface area contributed by atoms with E-state index in [0.717, 1.165) is 16.9 Å². The predicted molar refractivity (Wildman–Crippen MR) is 55.6 cm³/mol. The van der Waals surface area contributed by atoms with Gasteiger partial charge in [0.25, 0.3) is 0 Å². The molecule has 0 saturated carbocycles. The Balaban J connectivity index is 2.30. The van der Waals surface area contributed by atoms with Crippen molar-refractivity contribution >= 4 is 11.6 Å². The van der Waals surface area contributed by atoms with E-state index in [1.165, 1.54) is 0 Å². The van der Waals surface area contributed by atoms with Crippen LogP contribution in [0, 0.1) is 0 Å². The van der Waals surface area contributed by atoms with Gasteiger partial charge >= 0.3 is 0 Å². The normalized spacial score (nSPS) is 14.5. The molecular weight excluding hydrogens is 218 g/mol. The van der Waals surface area contributed by atoms with Gasteiger partial charge in [-0.25, -0.2) is 0 Å². The van der Waals surface area contributed by atoms with Crippen LogP contribution in [0.2, 0.25) is 5.02 Å². The second-order valence-electron chi connectivity index (χ2n) is 3.19. The highest BCUT2D eigenvalue weighted by molar-refractivity contribution is 6.30. The summed E-state index contributed by atoms with van der Waals surface area (Å²) in [6.45, 7) is 1.38. The third kappa shape index (κ3) is 2.41. The van der Waals surface area contributed by atoms with Gasteiger partial charge in [-0.05, 0) is 12.1 Å². The van der Waals surface area contributed by atoms with Crippen LogP contribution in [0.3, 0.4) is 0 Å². The summed E-state index contributed by atoms with van der Waals surface area (Å²) < 4.78 is 10.6. The van der Waals surface area contributed by atoms with E-state index in [1.54, 1.807) is 7.11 Å². The minimum atomic E-state index is 0.286. The first-order valence-corrected chi connectivity index (χ1v) is 4.96. The fourth-order valence-corrected chi connectivity index (χ4v) is 1.80. The van der Waals surface area contributed by atoms with Crippen molar-refractivity contribution < 1.29 is 14.3 Å². The summed E-state index contributed by atoms with van der Waals surface area (Å²) in [7, 11) is 1.57. The fourth-order valence-electron chi connectivity index (χ4n) is 1.54. The number of hydroxylamine groups is 1. The Morgan fingerprint density at radius 3 is 3.20 bits per heavy atom. The minimum Gasteiger partial charge on any atom is -0.467 e. The van der Waals surface area contributed by atoms with E-state index < -0.39 is 0 Å². The highest BCUT2D eigenvalue weighted by Crippen LogP contribution is 2.31. The van der Waals surface area contributed by atoms with E-state index in [-0.39, 0.29) is 6.79 Å². The molecule has 1 heterocycles. The van der Waals surface area contributed by atoms with Crippen LogP contribution in [-0.2, 0) is 22.7 Å². The number of ether oxygens (including phenoxy) is 2. The lowest BCUT2D eigenvalue weighted by Gasteiger charge is -2.21. The molecule has 1 N–H and O–H groups in total. The molecule has 0 aromatic heterocycles. The number of hydrogen-bond donors (Lipinski definition) is 1. The number of hydrogen-bond acceptors (Lipinski definition) is 4. The maximum Gasteiger partial charge on any atom is 0.189 e. The first-order valence-electron chi connectivity index (χ1n) is 4.59. The zero-order valence-corrected chi connectivity index (χ0v) is 9.13. The van der Waals surface area contributed by atoms with Crippen LogP contribution in [0.25, 0.3) is 0 Å². The summed E-state index contributed by atoms with van der Waals surface area (Å²) in [6, 6.07) is 3.71. The average Bonchev–Trinajstić information content (AvgIpc) is 2.25. The number of rotatable bonds is 3. The van der Waals surface area contributed by atoms with Gasteiger partial charge in [-0.15, -0.1) is 0 Å². The standard InChI is InChI=1S/C10H12ClNO3/c1-13-12-4-7-2-9(11)3-8-5-14-6-15-10(7)8/h2-3,12H,4-6H2,1H3. The fraction of sp³-hybridized carbons (Fsp3) is 0.400. The lowest BCUT2D eigenvalue weighted by molar-refractivity contribution is -0.0177. The summed E-state index contributed by atoms with van der Waals surface area (Å²) >= 11 is 5.98. The van der Waals surface area contributed by atoms with Crippen LogP contribution < -0.4 is 10.2 Å². The maximum atomic E-state index is 5.98. The monoisotopic (exact) mass is 229 g/mol. The van der Waals surface area contributed by atoms with Gasteiger partial charge < -0.3 is 14.3 Å². The predicted octanol–water partition coefficient (Wildman–Crippen LogP) is 1.86. The molecule has 15 heavy (non-hydrogen) atoms. The SMILES string of the molecule is CONCc1cc(Cl)cc2c1OCOC2. The second-order valence-corrected chi connectivity index (χ2v) is 3.63. The van der Waals surface area contributed by atoms with Crippen molar-refractivity contribution in [2.75, 3.05) is 13.9 Å². The highest BCUT2D eigenvalue weighted by Gasteiger charge is 2.15. The second kappa shape index (κ2) is 4.81. The van der Waals surface area contributed by atoms with Gasteiger partial charge in [-0.1, -0.05) is 11.6 Å². The molecule has 5 heteroatoms. The molecule has 0 aliphatic carbocycles. The van der Waals surface area contributed by atoms with Crippen LogP contribution in [0.1, 0.15) is 11.1 Å². The molecule has 0 atom stereocenters. The molecular formula is C10H12ClNO3. The molecule has 0 bridgehead atoms. The highest BCUT2D eigenvalue weighted by atomic mass is 35.5. The van der Waals surface area contributed by atoms with Gasteiger partial charge in [0.2, 0.25) is 0 Å². The topological polar surface area (TPSA) is 39.7 Å². The lowest BCUT2D eigenvalue weighted by Crippen LogP contribution is -2.17. The maximum absolute atomic E-state index is 5.98. The summed E-state index contributed by atoms with van der Waals surface area (Å²) in [6.07, 6.45) is 0. The molecule has 1 aliphatic rings. The van der Waals surface area contributed by atoms with E-state index >= 15 is 0 Å². The van der Waals surface area contributed by atoms with Gasteiger partial charge in [0.15, 0.2) is 6.79 Å². The molecule has 0 spiro atoms. The Kier molecular flexibility index (Phi) is 3.43. The number of nitrogens with one attached hydrogen (secondary N) is 1. The molecule has 0 amide bonds. The van der Waals surface area contributed by atoms with Gasteiger partial charge in [0.05, 0.1) is 13.7 Å². The quantitative estimate of drug-likeness (QED) is 0.804. The number of benzene rings is 1. The molecule has 0 radical (unpaired) electrons.